The maximum absolute atomic E-state index is 15.4. The number of phenolic OH excluding ortho intramolecular Hbond substituents is 1. The highest BCUT2D eigenvalue weighted by molar-refractivity contribution is 6.30. The molecule has 302 valence electrons. The fraction of sp³-hybridized carbons (Fsp3) is 0.268. The molecule has 6 unspecified atom stereocenters. The van der Waals surface area contributed by atoms with E-state index in [1.807, 2.05) is 0 Å². The summed E-state index contributed by atoms with van der Waals surface area (Å²) in [7, 11) is 4.14. The van der Waals surface area contributed by atoms with Crippen LogP contribution >= 0.6 is 11.6 Å². The number of rotatable bonds is 9. The van der Waals surface area contributed by atoms with E-state index in [1.165, 1.54) is 50.4 Å². The van der Waals surface area contributed by atoms with Crippen LogP contribution in [0.5, 0.6) is 11.5 Å². The molecule has 0 bridgehead atoms. The van der Waals surface area contributed by atoms with Gasteiger partial charge in [0.15, 0.2) is 5.69 Å². The lowest BCUT2D eigenvalue weighted by Gasteiger charge is -2.50. The predicted octanol–water partition coefficient (Wildman–Crippen LogP) is 6.27. The summed E-state index contributed by atoms with van der Waals surface area (Å²) in [5, 5.41) is 37.4. The normalized spacial score (nSPS) is 24.6. The molecular formula is C41H34ClFN6O10. The number of allylic oxidation sites excluding steroid dienone is 2. The van der Waals surface area contributed by atoms with Crippen LogP contribution in [0.1, 0.15) is 29.9 Å². The highest BCUT2D eigenvalue weighted by Gasteiger charge is 2.71. The van der Waals surface area contributed by atoms with Gasteiger partial charge in [0.25, 0.3) is 11.8 Å². The lowest BCUT2D eigenvalue weighted by atomic mass is 9.49. The SMILES string of the molecule is COc1cccc(O)c1C1C2=CCC3C(=O)N(c4cc([N+](=O)[O-])c(N(C)C)c([N+](=O)[O-])c4)C(=O)C3C2CC2C(=O)N(Nc3ccc(F)cc3)C(=O)C21c1ccc(Cl)cc1. The molecule has 2 saturated heterocycles. The Morgan fingerprint density at radius 3 is 2.15 bits per heavy atom. The molecule has 2 heterocycles. The number of hydrogen-bond acceptors (Lipinski definition) is 12. The summed E-state index contributed by atoms with van der Waals surface area (Å²) in [6.07, 6.45) is 1.49. The average molecular weight is 825 g/mol. The van der Waals surface area contributed by atoms with E-state index >= 15 is 4.79 Å². The number of halogens is 2. The zero-order chi connectivity index (χ0) is 42.2. The molecule has 3 fully saturated rings. The third-order valence-electron chi connectivity index (χ3n) is 12.0. The van der Waals surface area contributed by atoms with Crippen molar-refractivity contribution in [3.8, 4) is 11.5 Å². The minimum atomic E-state index is -1.83. The van der Waals surface area contributed by atoms with Crippen LogP contribution in [0.2, 0.25) is 5.02 Å². The summed E-state index contributed by atoms with van der Waals surface area (Å²) < 4.78 is 19.7. The second-order valence-corrected chi connectivity index (χ2v) is 15.5. The number of hydrazine groups is 1. The van der Waals surface area contributed by atoms with Crippen LogP contribution in [-0.2, 0) is 24.6 Å². The number of amides is 4. The largest absolute Gasteiger partial charge is 0.508 e. The Morgan fingerprint density at radius 1 is 0.915 bits per heavy atom. The van der Waals surface area contributed by atoms with Crippen molar-refractivity contribution in [3.63, 3.8) is 0 Å². The van der Waals surface area contributed by atoms with Crippen molar-refractivity contribution in [2.75, 3.05) is 36.4 Å². The number of hydrogen-bond donors (Lipinski definition) is 2. The molecule has 6 atom stereocenters. The molecule has 2 aliphatic heterocycles. The van der Waals surface area contributed by atoms with E-state index in [0.717, 1.165) is 34.2 Å². The second-order valence-electron chi connectivity index (χ2n) is 15.0. The first kappa shape index (κ1) is 39.0. The van der Waals surface area contributed by atoms with Crippen molar-refractivity contribution in [1.82, 2.24) is 5.01 Å². The number of carbonyl (C=O) groups is 4. The van der Waals surface area contributed by atoms with Crippen molar-refractivity contribution >= 4 is 63.7 Å². The van der Waals surface area contributed by atoms with Crippen LogP contribution in [-0.4, -0.2) is 64.8 Å². The maximum atomic E-state index is 15.4. The smallest absolute Gasteiger partial charge is 0.301 e. The molecule has 0 aromatic heterocycles. The maximum Gasteiger partial charge on any atom is 0.301 e. The number of carbonyl (C=O) groups excluding carboxylic acids is 4. The Labute approximate surface area is 339 Å². The number of nitrogens with zero attached hydrogens (tertiary/aromatic N) is 5. The third kappa shape index (κ3) is 5.78. The first-order chi connectivity index (χ1) is 28.1. The Balaban J connectivity index is 1.33. The Bertz CT molecular complexity index is 2500. The number of methoxy groups -OCH3 is 1. The highest BCUT2D eigenvalue weighted by Crippen LogP contribution is 2.66. The third-order valence-corrected chi connectivity index (χ3v) is 12.2. The van der Waals surface area contributed by atoms with Crippen molar-refractivity contribution in [1.29, 1.82) is 0 Å². The molecule has 1 saturated carbocycles. The summed E-state index contributed by atoms with van der Waals surface area (Å²) in [6.45, 7) is 0. The summed E-state index contributed by atoms with van der Waals surface area (Å²) >= 11 is 6.35. The summed E-state index contributed by atoms with van der Waals surface area (Å²) in [5.74, 6) is -9.36. The monoisotopic (exact) mass is 824 g/mol. The molecule has 16 nitrogen and oxygen atoms in total. The molecule has 2 aliphatic carbocycles. The zero-order valence-electron chi connectivity index (χ0n) is 31.5. The number of imide groups is 2. The van der Waals surface area contributed by atoms with Gasteiger partial charge in [-0.25, -0.2) is 9.29 Å². The highest BCUT2D eigenvalue weighted by atomic mass is 35.5. The number of anilines is 3. The van der Waals surface area contributed by atoms with E-state index in [4.69, 9.17) is 16.3 Å². The van der Waals surface area contributed by atoms with E-state index in [9.17, 15) is 44.1 Å². The van der Waals surface area contributed by atoms with Crippen molar-refractivity contribution in [2.45, 2.75) is 24.2 Å². The fourth-order valence-corrected chi connectivity index (χ4v) is 9.81. The Hall–Kier alpha value is -6.88. The number of aromatic hydroxyl groups is 1. The van der Waals surface area contributed by atoms with E-state index in [2.05, 4.69) is 5.43 Å². The number of ether oxygens (including phenoxy) is 1. The molecule has 18 heteroatoms. The predicted molar refractivity (Wildman–Crippen MR) is 210 cm³/mol. The van der Waals surface area contributed by atoms with Crippen LogP contribution in [0.4, 0.5) is 32.8 Å². The molecular weight excluding hydrogens is 791 g/mol. The van der Waals surface area contributed by atoms with Crippen LogP contribution < -0.4 is 20.0 Å². The molecule has 4 amide bonds. The zero-order valence-corrected chi connectivity index (χ0v) is 32.3. The molecule has 4 aromatic carbocycles. The van der Waals surface area contributed by atoms with Crippen LogP contribution in [0.25, 0.3) is 0 Å². The lowest BCUT2D eigenvalue weighted by molar-refractivity contribution is -0.392. The van der Waals surface area contributed by atoms with Gasteiger partial charge >= 0.3 is 11.4 Å². The molecule has 2 N–H and O–H groups in total. The standard InChI is InChI=1S/C41H34ClFN6O10/c1-45(2)36-29(48(55)56)17-24(18-30(36)49(57)58)46-37(51)26-16-15-25-27(33(26)39(46)53)19-28-38(52)47(44-23-13-11-22(43)12-14-23)40(54)41(28,20-7-9-21(42)10-8-20)35(25)34-31(50)5-4-6-32(34)59-3/h4-15,17-18,26-28,33,35,44,50H,16,19H2,1-3H3. The first-order valence-electron chi connectivity index (χ1n) is 18.4. The average Bonchev–Trinajstić information content (AvgIpc) is 3.58. The number of phenols is 1. The lowest BCUT2D eigenvalue weighted by Crippen LogP contribution is -2.53. The number of nitro benzene ring substituents is 2. The summed E-state index contributed by atoms with van der Waals surface area (Å²) in [6, 6.07) is 17.7. The van der Waals surface area contributed by atoms with Crippen LogP contribution in [0.15, 0.2) is 90.5 Å². The number of benzene rings is 4. The molecule has 4 aromatic rings. The van der Waals surface area contributed by atoms with Crippen molar-refractivity contribution in [3.05, 3.63) is 133 Å². The van der Waals surface area contributed by atoms with Crippen molar-refractivity contribution in [2.24, 2.45) is 23.7 Å². The molecule has 4 aliphatic rings. The number of fused-ring (bicyclic) bond motifs is 4. The van der Waals surface area contributed by atoms with Gasteiger partial charge in [0.1, 0.15) is 17.3 Å². The fourth-order valence-electron chi connectivity index (χ4n) is 9.68. The number of nitrogens with one attached hydrogen (secondary N) is 1. The minimum Gasteiger partial charge on any atom is -0.508 e. The molecule has 59 heavy (non-hydrogen) atoms. The van der Waals surface area contributed by atoms with Gasteiger partial charge in [0.2, 0.25) is 11.8 Å². The molecule has 0 radical (unpaired) electrons. The van der Waals surface area contributed by atoms with Crippen LogP contribution in [0.3, 0.4) is 0 Å². The van der Waals surface area contributed by atoms with E-state index in [0.29, 0.717) is 16.2 Å². The molecule has 0 spiro atoms. The van der Waals surface area contributed by atoms with Gasteiger partial charge in [-0.15, -0.1) is 0 Å². The molecule has 8 rings (SSSR count). The van der Waals surface area contributed by atoms with E-state index in [1.54, 1.807) is 36.4 Å². The summed E-state index contributed by atoms with van der Waals surface area (Å²) in [4.78, 5) is 84.2. The Kier molecular flexibility index (Phi) is 9.37. The Morgan fingerprint density at radius 2 is 1.56 bits per heavy atom. The van der Waals surface area contributed by atoms with Gasteiger partial charge in [0, 0.05) is 42.7 Å². The van der Waals surface area contributed by atoms with Gasteiger partial charge in [-0.3, -0.25) is 44.8 Å². The van der Waals surface area contributed by atoms with Crippen LogP contribution in [0, 0.1) is 49.7 Å². The first-order valence-corrected chi connectivity index (χ1v) is 18.7. The van der Waals surface area contributed by atoms with Gasteiger partial charge < -0.3 is 14.7 Å². The quantitative estimate of drug-likeness (QED) is 0.0830. The minimum absolute atomic E-state index is 0.0645. The second kappa shape index (κ2) is 14.2. The van der Waals surface area contributed by atoms with Gasteiger partial charge in [-0.05, 0) is 72.9 Å². The van der Waals surface area contributed by atoms with Crippen molar-refractivity contribution < 1.29 is 43.3 Å². The van der Waals surface area contributed by atoms with E-state index in [-0.39, 0.29) is 47.0 Å². The van der Waals surface area contributed by atoms with Gasteiger partial charge in [-0.1, -0.05) is 41.4 Å². The van der Waals surface area contributed by atoms with E-state index < -0.39 is 85.7 Å². The van der Waals surface area contributed by atoms with Gasteiger partial charge in [0.05, 0.1) is 51.5 Å². The summed E-state index contributed by atoms with van der Waals surface area (Å²) in [5.41, 5.74) is 0.0524. The van der Waals surface area contributed by atoms with Gasteiger partial charge in [-0.2, -0.15) is 5.01 Å². The number of nitro groups is 2. The topological polar surface area (TPSA) is 206 Å².